The zero-order valence-corrected chi connectivity index (χ0v) is 14.2. The van der Waals surface area contributed by atoms with Crippen molar-refractivity contribution in [2.24, 2.45) is 5.92 Å². The predicted octanol–water partition coefficient (Wildman–Crippen LogP) is 4.82. The van der Waals surface area contributed by atoms with Crippen molar-refractivity contribution in [2.75, 3.05) is 20.3 Å². The number of benzene rings is 1. The van der Waals surface area contributed by atoms with Crippen LogP contribution in [0.3, 0.4) is 0 Å². The molecule has 1 N–H and O–H groups in total. The molecule has 0 heterocycles. The van der Waals surface area contributed by atoms with Crippen molar-refractivity contribution in [1.82, 2.24) is 5.32 Å². The summed E-state index contributed by atoms with van der Waals surface area (Å²) in [5.74, 6) is 0.477. The molecule has 108 valence electrons. The van der Waals surface area contributed by atoms with Gasteiger partial charge in [0.05, 0.1) is 0 Å². The minimum atomic E-state index is 0.274. The molecule has 2 atom stereocenters. The standard InChI is InChI=1S/C15H23BrClNO/c1-4-8-18-15(11(2)7-9-19-3)13-6-5-12(16)10-14(13)17/h5-6,10-11,15,18H,4,7-9H2,1-3H3. The van der Waals surface area contributed by atoms with Gasteiger partial charge in [0, 0.05) is 29.3 Å². The summed E-state index contributed by atoms with van der Waals surface area (Å²) >= 11 is 9.83. The van der Waals surface area contributed by atoms with Crippen LogP contribution in [-0.4, -0.2) is 20.3 Å². The number of hydrogen-bond acceptors (Lipinski definition) is 2. The third kappa shape index (κ3) is 5.42. The lowest BCUT2D eigenvalue weighted by molar-refractivity contribution is 0.170. The van der Waals surface area contributed by atoms with Crippen molar-refractivity contribution in [3.05, 3.63) is 33.3 Å². The lowest BCUT2D eigenvalue weighted by Crippen LogP contribution is -2.28. The Labute approximate surface area is 130 Å². The Kier molecular flexibility index (Phi) is 8.00. The molecule has 1 aromatic rings. The molecular formula is C15H23BrClNO. The van der Waals surface area contributed by atoms with Crippen molar-refractivity contribution in [3.63, 3.8) is 0 Å². The van der Waals surface area contributed by atoms with E-state index in [-0.39, 0.29) is 6.04 Å². The number of ether oxygens (including phenoxy) is 1. The Balaban J connectivity index is 2.88. The molecular weight excluding hydrogens is 326 g/mol. The second-order valence-electron chi connectivity index (χ2n) is 4.86. The quantitative estimate of drug-likeness (QED) is 0.727. The van der Waals surface area contributed by atoms with E-state index in [1.54, 1.807) is 7.11 Å². The second kappa shape index (κ2) is 8.96. The van der Waals surface area contributed by atoms with Gasteiger partial charge in [-0.3, -0.25) is 0 Å². The van der Waals surface area contributed by atoms with Gasteiger partial charge in [-0.05, 0) is 43.0 Å². The summed E-state index contributed by atoms with van der Waals surface area (Å²) in [4.78, 5) is 0. The van der Waals surface area contributed by atoms with Crippen molar-refractivity contribution in [2.45, 2.75) is 32.7 Å². The van der Waals surface area contributed by atoms with E-state index in [1.165, 1.54) is 5.56 Å². The van der Waals surface area contributed by atoms with Crippen molar-refractivity contribution in [1.29, 1.82) is 0 Å². The van der Waals surface area contributed by atoms with Crippen LogP contribution < -0.4 is 5.32 Å². The van der Waals surface area contributed by atoms with E-state index in [9.17, 15) is 0 Å². The van der Waals surface area contributed by atoms with Crippen LogP contribution in [0.2, 0.25) is 5.02 Å². The monoisotopic (exact) mass is 347 g/mol. The highest BCUT2D eigenvalue weighted by atomic mass is 79.9. The Hall–Kier alpha value is -0.0900. The average Bonchev–Trinajstić information content (AvgIpc) is 2.38. The van der Waals surface area contributed by atoms with Crippen LogP contribution in [0.25, 0.3) is 0 Å². The van der Waals surface area contributed by atoms with Gasteiger partial charge >= 0.3 is 0 Å². The molecule has 19 heavy (non-hydrogen) atoms. The fraction of sp³-hybridized carbons (Fsp3) is 0.600. The molecule has 0 amide bonds. The minimum Gasteiger partial charge on any atom is -0.385 e. The Morgan fingerprint density at radius 3 is 2.74 bits per heavy atom. The molecule has 4 heteroatoms. The molecule has 1 aromatic carbocycles. The summed E-state index contributed by atoms with van der Waals surface area (Å²) in [5, 5.41) is 4.41. The number of halogens is 2. The summed E-state index contributed by atoms with van der Waals surface area (Å²) in [6.07, 6.45) is 2.13. The van der Waals surface area contributed by atoms with Crippen LogP contribution in [0, 0.1) is 5.92 Å². The molecule has 0 saturated heterocycles. The maximum absolute atomic E-state index is 6.38. The molecule has 0 aromatic heterocycles. The molecule has 0 bridgehead atoms. The summed E-state index contributed by atoms with van der Waals surface area (Å²) < 4.78 is 6.20. The van der Waals surface area contributed by atoms with Crippen LogP contribution >= 0.6 is 27.5 Å². The van der Waals surface area contributed by atoms with E-state index in [1.807, 2.05) is 12.1 Å². The third-order valence-corrected chi connectivity index (χ3v) is 4.08. The van der Waals surface area contributed by atoms with E-state index in [0.29, 0.717) is 5.92 Å². The SMILES string of the molecule is CCCNC(c1ccc(Br)cc1Cl)C(C)CCOC. The fourth-order valence-corrected chi connectivity index (χ4v) is 2.93. The van der Waals surface area contributed by atoms with Gasteiger partial charge in [0.25, 0.3) is 0 Å². The van der Waals surface area contributed by atoms with Crippen molar-refractivity contribution >= 4 is 27.5 Å². The van der Waals surface area contributed by atoms with E-state index in [2.05, 4.69) is 41.2 Å². The number of methoxy groups -OCH3 is 1. The first-order valence-corrected chi connectivity index (χ1v) is 7.94. The van der Waals surface area contributed by atoms with Crippen molar-refractivity contribution < 1.29 is 4.74 Å². The maximum atomic E-state index is 6.38. The first-order chi connectivity index (χ1) is 9.10. The number of hydrogen-bond donors (Lipinski definition) is 1. The highest BCUT2D eigenvalue weighted by Crippen LogP contribution is 2.32. The number of rotatable bonds is 8. The van der Waals surface area contributed by atoms with Gasteiger partial charge in [-0.15, -0.1) is 0 Å². The van der Waals surface area contributed by atoms with E-state index in [0.717, 1.165) is 35.5 Å². The number of nitrogens with one attached hydrogen (secondary N) is 1. The van der Waals surface area contributed by atoms with Gasteiger partial charge in [0.1, 0.15) is 0 Å². The zero-order valence-electron chi connectivity index (χ0n) is 11.9. The second-order valence-corrected chi connectivity index (χ2v) is 6.18. The van der Waals surface area contributed by atoms with Crippen LogP contribution in [-0.2, 0) is 4.74 Å². The summed E-state index contributed by atoms with van der Waals surface area (Å²) in [6, 6.07) is 6.38. The first-order valence-electron chi connectivity index (χ1n) is 6.77. The Morgan fingerprint density at radius 1 is 1.42 bits per heavy atom. The maximum Gasteiger partial charge on any atom is 0.0465 e. The first kappa shape index (κ1) is 17.0. The molecule has 0 radical (unpaired) electrons. The van der Waals surface area contributed by atoms with E-state index in [4.69, 9.17) is 16.3 Å². The van der Waals surface area contributed by atoms with Crippen LogP contribution in [0.5, 0.6) is 0 Å². The normalized spacial score (nSPS) is 14.4. The molecule has 0 saturated carbocycles. The molecule has 2 nitrogen and oxygen atoms in total. The molecule has 0 fully saturated rings. The molecule has 2 unspecified atom stereocenters. The van der Waals surface area contributed by atoms with Crippen LogP contribution in [0.4, 0.5) is 0 Å². The van der Waals surface area contributed by atoms with Gasteiger partial charge in [-0.25, -0.2) is 0 Å². The minimum absolute atomic E-state index is 0.274. The van der Waals surface area contributed by atoms with Gasteiger partial charge in [-0.2, -0.15) is 0 Å². The Morgan fingerprint density at radius 2 is 2.16 bits per heavy atom. The largest absolute Gasteiger partial charge is 0.385 e. The zero-order chi connectivity index (χ0) is 14.3. The highest BCUT2D eigenvalue weighted by molar-refractivity contribution is 9.10. The molecule has 0 aliphatic carbocycles. The van der Waals surface area contributed by atoms with E-state index < -0.39 is 0 Å². The van der Waals surface area contributed by atoms with Gasteiger partial charge in [-0.1, -0.05) is 47.4 Å². The lowest BCUT2D eigenvalue weighted by Gasteiger charge is -2.26. The van der Waals surface area contributed by atoms with Gasteiger partial charge in [0.15, 0.2) is 0 Å². The predicted molar refractivity (Wildman–Crippen MR) is 85.8 cm³/mol. The van der Waals surface area contributed by atoms with Gasteiger partial charge in [0.2, 0.25) is 0 Å². The Bertz CT molecular complexity index is 386. The molecule has 1 rings (SSSR count). The summed E-state index contributed by atoms with van der Waals surface area (Å²) in [7, 11) is 1.74. The molecule has 0 aliphatic heterocycles. The smallest absolute Gasteiger partial charge is 0.0465 e. The lowest BCUT2D eigenvalue weighted by atomic mass is 9.92. The average molecular weight is 349 g/mol. The summed E-state index contributed by atoms with van der Waals surface area (Å²) in [5.41, 5.74) is 1.17. The van der Waals surface area contributed by atoms with Crippen LogP contribution in [0.1, 0.15) is 38.3 Å². The van der Waals surface area contributed by atoms with E-state index >= 15 is 0 Å². The molecule has 0 spiro atoms. The highest BCUT2D eigenvalue weighted by Gasteiger charge is 2.20. The summed E-state index contributed by atoms with van der Waals surface area (Å²) in [6.45, 7) is 6.19. The van der Waals surface area contributed by atoms with Crippen LogP contribution in [0.15, 0.2) is 22.7 Å². The van der Waals surface area contributed by atoms with Gasteiger partial charge < -0.3 is 10.1 Å². The fourth-order valence-electron chi connectivity index (χ4n) is 2.14. The third-order valence-electron chi connectivity index (χ3n) is 3.26. The topological polar surface area (TPSA) is 21.3 Å². The van der Waals surface area contributed by atoms with Crippen molar-refractivity contribution in [3.8, 4) is 0 Å². The molecule has 0 aliphatic rings.